The third-order valence-corrected chi connectivity index (χ3v) is 9.10. The number of aliphatic imine (C=N–C) groups is 2. The van der Waals surface area contributed by atoms with Crippen LogP contribution in [-0.4, -0.2) is 64.4 Å². The Kier molecular flexibility index (Phi) is 13.7. The maximum absolute atomic E-state index is 14.5. The minimum absolute atomic E-state index is 0. The zero-order valence-electron chi connectivity index (χ0n) is 32.1. The summed E-state index contributed by atoms with van der Waals surface area (Å²) in [5.74, 6) is -6.22. The second-order valence-corrected chi connectivity index (χ2v) is 13.1. The van der Waals surface area contributed by atoms with Crippen LogP contribution in [0.3, 0.4) is 0 Å². The van der Waals surface area contributed by atoms with Crippen molar-refractivity contribution in [2.45, 2.75) is 0 Å². The summed E-state index contributed by atoms with van der Waals surface area (Å²) in [6, 6.07) is 35.5. The Bertz CT molecular complexity index is 2810. The van der Waals surface area contributed by atoms with E-state index in [2.05, 4.69) is 20.2 Å². The SMILES string of the molecule is O=C(O)c1ccccc1N=Cc1c(-c2ccc(F)cc2F)nn(-c2ccccc2)c1O.O=C(O)c1ccccc1N=Cc1c(-c2ccc(F)cc2F)nn(-c2ccccc2)c1O.[Co]. The molecule has 0 fully saturated rings. The third kappa shape index (κ3) is 9.75. The van der Waals surface area contributed by atoms with E-state index in [-0.39, 0.29) is 84.7 Å². The summed E-state index contributed by atoms with van der Waals surface area (Å²) in [7, 11) is 0. The smallest absolute Gasteiger partial charge is 0.337 e. The maximum Gasteiger partial charge on any atom is 0.337 e. The fraction of sp³-hybridized carbons (Fsp3) is 0. The van der Waals surface area contributed by atoms with E-state index in [0.717, 1.165) is 12.1 Å². The van der Waals surface area contributed by atoms with Crippen LogP contribution in [0.15, 0.2) is 156 Å². The Morgan fingerprint density at radius 2 is 0.857 bits per heavy atom. The topological polar surface area (TPSA) is 175 Å². The average molecular weight is 898 g/mol. The molecule has 2 heterocycles. The van der Waals surface area contributed by atoms with Crippen molar-refractivity contribution in [1.82, 2.24) is 19.6 Å². The van der Waals surface area contributed by atoms with Crippen molar-refractivity contribution in [2.75, 3.05) is 0 Å². The summed E-state index contributed by atoms with van der Waals surface area (Å²) in [6.07, 6.45) is 2.42. The zero-order chi connectivity index (χ0) is 43.9. The molecular formula is C46H30CoF4N6O6. The van der Waals surface area contributed by atoms with Gasteiger partial charge in [-0.3, -0.25) is 9.98 Å². The van der Waals surface area contributed by atoms with Gasteiger partial charge in [-0.1, -0.05) is 60.7 Å². The van der Waals surface area contributed by atoms with Crippen LogP contribution in [0.5, 0.6) is 11.8 Å². The maximum atomic E-state index is 14.5. The number of aromatic hydroxyl groups is 2. The Morgan fingerprint density at radius 3 is 1.21 bits per heavy atom. The summed E-state index contributed by atoms with van der Waals surface area (Å²) in [5.41, 5.74) is 1.29. The van der Waals surface area contributed by atoms with Gasteiger partial charge in [0.15, 0.2) is 0 Å². The van der Waals surface area contributed by atoms with Gasteiger partial charge in [0.25, 0.3) is 0 Å². The molecule has 0 atom stereocenters. The first-order chi connectivity index (χ1) is 29.9. The molecule has 0 unspecified atom stereocenters. The number of aromatic carboxylic acids is 2. The Hall–Kier alpha value is -8.15. The molecule has 8 rings (SSSR count). The molecule has 0 aliphatic rings. The molecule has 0 aliphatic heterocycles. The van der Waals surface area contributed by atoms with E-state index in [1.807, 2.05) is 0 Å². The fourth-order valence-corrected chi connectivity index (χ4v) is 6.14. The van der Waals surface area contributed by atoms with Crippen molar-refractivity contribution in [3.8, 4) is 45.6 Å². The molecular weight excluding hydrogens is 867 g/mol. The monoisotopic (exact) mass is 897 g/mol. The predicted octanol–water partition coefficient (Wildman–Crippen LogP) is 9.94. The van der Waals surface area contributed by atoms with Gasteiger partial charge in [0.05, 0.1) is 45.0 Å². The van der Waals surface area contributed by atoms with Crippen LogP contribution < -0.4 is 0 Å². The number of hydrogen-bond acceptors (Lipinski definition) is 8. The molecule has 4 N–H and O–H groups in total. The number of carbonyl (C=O) groups is 2. The van der Waals surface area contributed by atoms with E-state index >= 15 is 0 Å². The number of nitrogens with zero attached hydrogens (tertiary/aromatic N) is 6. The van der Waals surface area contributed by atoms with Crippen molar-refractivity contribution >= 4 is 35.7 Å². The molecule has 0 spiro atoms. The van der Waals surface area contributed by atoms with Crippen molar-refractivity contribution in [3.05, 3.63) is 191 Å². The molecule has 0 bridgehead atoms. The van der Waals surface area contributed by atoms with E-state index in [9.17, 15) is 47.6 Å². The van der Waals surface area contributed by atoms with Gasteiger partial charge in [0, 0.05) is 52.5 Å². The van der Waals surface area contributed by atoms with Crippen molar-refractivity contribution in [3.63, 3.8) is 0 Å². The molecule has 63 heavy (non-hydrogen) atoms. The van der Waals surface area contributed by atoms with Crippen LogP contribution in [-0.2, 0) is 16.8 Å². The number of rotatable bonds is 10. The van der Waals surface area contributed by atoms with E-state index in [4.69, 9.17) is 0 Å². The minimum Gasteiger partial charge on any atom is -0.493 e. The van der Waals surface area contributed by atoms with Gasteiger partial charge in [-0.25, -0.2) is 36.5 Å². The van der Waals surface area contributed by atoms with Gasteiger partial charge >= 0.3 is 11.9 Å². The normalized spacial score (nSPS) is 11.0. The summed E-state index contributed by atoms with van der Waals surface area (Å²) in [5, 5.41) is 48.9. The second kappa shape index (κ2) is 19.5. The van der Waals surface area contributed by atoms with Gasteiger partial charge in [0.2, 0.25) is 11.8 Å². The molecule has 6 aromatic carbocycles. The first-order valence-corrected chi connectivity index (χ1v) is 18.3. The Balaban J connectivity index is 0.000000206. The van der Waals surface area contributed by atoms with Gasteiger partial charge in [-0.15, -0.1) is 0 Å². The van der Waals surface area contributed by atoms with Crippen molar-refractivity contribution in [2.24, 2.45) is 9.98 Å². The minimum atomic E-state index is -1.17. The molecule has 17 heteroatoms. The van der Waals surface area contributed by atoms with Crippen LogP contribution in [0.4, 0.5) is 28.9 Å². The number of benzene rings is 6. The number of para-hydroxylation sites is 4. The van der Waals surface area contributed by atoms with E-state index in [1.165, 1.54) is 58.2 Å². The van der Waals surface area contributed by atoms with Gasteiger partial charge in [-0.2, -0.15) is 10.2 Å². The van der Waals surface area contributed by atoms with Gasteiger partial charge in [0.1, 0.15) is 34.7 Å². The molecule has 12 nitrogen and oxygen atoms in total. The zero-order valence-corrected chi connectivity index (χ0v) is 33.2. The molecule has 0 saturated carbocycles. The molecule has 317 valence electrons. The van der Waals surface area contributed by atoms with E-state index in [0.29, 0.717) is 23.5 Å². The van der Waals surface area contributed by atoms with Crippen LogP contribution in [0.25, 0.3) is 33.9 Å². The third-order valence-electron chi connectivity index (χ3n) is 9.10. The summed E-state index contributed by atoms with van der Waals surface area (Å²) < 4.78 is 58.2. The van der Waals surface area contributed by atoms with Crippen molar-refractivity contribution < 1.29 is 64.4 Å². The first kappa shape index (κ1) is 44.4. The number of aromatic nitrogens is 4. The Labute approximate surface area is 365 Å². The summed E-state index contributed by atoms with van der Waals surface area (Å²) >= 11 is 0. The molecule has 0 saturated heterocycles. The van der Waals surface area contributed by atoms with Crippen molar-refractivity contribution in [1.29, 1.82) is 0 Å². The predicted molar refractivity (Wildman–Crippen MR) is 222 cm³/mol. The van der Waals surface area contributed by atoms with E-state index < -0.39 is 35.2 Å². The fourth-order valence-electron chi connectivity index (χ4n) is 6.14. The number of carboxylic acids is 2. The number of hydrogen-bond donors (Lipinski definition) is 4. The summed E-state index contributed by atoms with van der Waals surface area (Å²) in [6.45, 7) is 0. The van der Waals surface area contributed by atoms with Crippen LogP contribution in [0.1, 0.15) is 31.8 Å². The molecule has 0 amide bonds. The van der Waals surface area contributed by atoms with Gasteiger partial charge in [-0.05, 0) is 72.8 Å². The Morgan fingerprint density at radius 1 is 0.508 bits per heavy atom. The molecule has 2 aromatic heterocycles. The second-order valence-electron chi connectivity index (χ2n) is 13.1. The molecule has 1 radical (unpaired) electrons. The molecule has 0 aliphatic carbocycles. The quantitative estimate of drug-likeness (QED) is 0.0775. The number of halogens is 4. The van der Waals surface area contributed by atoms with Crippen LogP contribution in [0, 0.1) is 23.3 Å². The van der Waals surface area contributed by atoms with E-state index in [1.54, 1.807) is 84.9 Å². The van der Waals surface area contributed by atoms with Crippen LogP contribution >= 0.6 is 0 Å². The number of carboxylic acid groups (broad SMARTS) is 2. The summed E-state index contributed by atoms with van der Waals surface area (Å²) in [4.78, 5) is 31.2. The van der Waals surface area contributed by atoms with Crippen LogP contribution in [0.2, 0.25) is 0 Å². The standard InChI is InChI=1S/2C23H15F2N3O3.Co/c2*24-14-10-11-16(19(25)12-14)21-18(13-26-20-9-5-4-8-17(20)23(30)31)22(29)28(27-21)15-6-2-1-3-7-15;/h2*1-13,29H,(H,30,31);. The largest absolute Gasteiger partial charge is 0.493 e. The molecule has 8 aromatic rings. The van der Waals surface area contributed by atoms with Gasteiger partial charge < -0.3 is 20.4 Å². The first-order valence-electron chi connectivity index (χ1n) is 18.3. The average Bonchev–Trinajstić information content (AvgIpc) is 3.77.